The Morgan fingerprint density at radius 3 is 1.05 bits per heavy atom. The molecule has 0 saturated carbocycles. The van der Waals surface area contributed by atoms with E-state index < -0.39 is 28.6 Å². The molecule has 0 spiro atoms. The van der Waals surface area contributed by atoms with Crippen LogP contribution in [0.25, 0.3) is 43.6 Å². The molecule has 0 aliphatic carbocycles. The highest BCUT2D eigenvalue weighted by Gasteiger charge is 2.25. The van der Waals surface area contributed by atoms with Crippen LogP contribution in [-0.4, -0.2) is 80.1 Å². The molecule has 8 rings (SSSR count). The summed E-state index contributed by atoms with van der Waals surface area (Å²) in [6, 6.07) is 25.4. The lowest BCUT2D eigenvalue weighted by Crippen LogP contribution is -2.18. The van der Waals surface area contributed by atoms with Crippen molar-refractivity contribution < 1.29 is 48.2 Å². The van der Waals surface area contributed by atoms with Gasteiger partial charge in [0.2, 0.25) is 0 Å². The first kappa shape index (κ1) is 52.3. The highest BCUT2D eigenvalue weighted by atomic mass is 16.6. The Morgan fingerprint density at radius 1 is 0.467 bits per heavy atom. The van der Waals surface area contributed by atoms with Gasteiger partial charge in [-0.05, 0) is 66.1 Å². The van der Waals surface area contributed by atoms with E-state index in [0.29, 0.717) is 45.4 Å². The molecular formula is C56H56N8O11. The molecule has 4 heterocycles. The molecule has 4 aromatic carbocycles. The van der Waals surface area contributed by atoms with E-state index in [1.165, 1.54) is 36.4 Å². The summed E-state index contributed by atoms with van der Waals surface area (Å²) < 4.78 is 24.6. The number of aromatic nitrogens is 4. The zero-order valence-corrected chi connectivity index (χ0v) is 42.6. The predicted octanol–water partition coefficient (Wildman–Crippen LogP) is 11.4. The van der Waals surface area contributed by atoms with E-state index in [2.05, 4.69) is 25.9 Å². The summed E-state index contributed by atoms with van der Waals surface area (Å²) in [5.41, 5.74) is 0.224. The number of carbonyl (C=O) groups is 4. The van der Waals surface area contributed by atoms with Crippen molar-refractivity contribution in [2.45, 2.75) is 55.4 Å². The fourth-order valence-electron chi connectivity index (χ4n) is 7.83. The number of ether oxygens (including phenoxy) is 4. The Labute approximate surface area is 431 Å². The minimum absolute atomic E-state index is 0.0257. The summed E-state index contributed by atoms with van der Waals surface area (Å²) in [5, 5.41) is 32.5. The van der Waals surface area contributed by atoms with E-state index in [-0.39, 0.29) is 117 Å². The van der Waals surface area contributed by atoms with Crippen LogP contribution in [0.3, 0.4) is 0 Å². The van der Waals surface area contributed by atoms with Crippen LogP contribution < -0.4 is 34.9 Å². The molecule has 8 aromatic rings. The number of amides is 3. The highest BCUT2D eigenvalue weighted by Crippen LogP contribution is 2.37. The number of pyridine rings is 4. The molecule has 19 nitrogen and oxygen atoms in total. The topological polar surface area (TPSA) is 256 Å². The second-order valence-electron chi connectivity index (χ2n) is 19.5. The third-order valence-electron chi connectivity index (χ3n) is 11.3. The fraction of sp³-hybridized carbons (Fsp3) is 0.286. The average molecular weight is 1020 g/mol. The number of benzene rings is 4. The Balaban J connectivity index is 1.17. The molecule has 75 heavy (non-hydrogen) atoms. The number of anilines is 3. The van der Waals surface area contributed by atoms with Gasteiger partial charge in [0, 0.05) is 51.9 Å². The van der Waals surface area contributed by atoms with E-state index in [4.69, 9.17) is 28.9 Å². The van der Waals surface area contributed by atoms with Gasteiger partial charge in [-0.1, -0.05) is 79.7 Å². The van der Waals surface area contributed by atoms with Gasteiger partial charge in [-0.15, -0.1) is 0 Å². The van der Waals surface area contributed by atoms with Gasteiger partial charge in [-0.2, -0.15) is 0 Å². The normalized spacial score (nSPS) is 11.5. The number of nitrogens with zero attached hydrogens (tertiary/aromatic N) is 5. The smallest absolute Gasteiger partial charge is 0.354 e. The van der Waals surface area contributed by atoms with E-state index in [1.807, 2.05) is 55.4 Å². The van der Waals surface area contributed by atoms with Crippen molar-refractivity contribution >= 4 is 90.1 Å². The number of carbonyl (C=O) groups excluding carboxylic acids is 3. The Morgan fingerprint density at radius 2 is 0.747 bits per heavy atom. The maximum absolute atomic E-state index is 14.6. The highest BCUT2D eigenvalue weighted by molar-refractivity contribution is 6.14. The van der Waals surface area contributed by atoms with Gasteiger partial charge >= 0.3 is 5.97 Å². The van der Waals surface area contributed by atoms with E-state index in [9.17, 15) is 34.4 Å². The quantitative estimate of drug-likeness (QED) is 0.0409. The molecule has 0 aliphatic rings. The van der Waals surface area contributed by atoms with Gasteiger partial charge in [0.05, 0.1) is 65.0 Å². The van der Waals surface area contributed by atoms with E-state index in [0.717, 1.165) is 0 Å². The second-order valence-corrected chi connectivity index (χ2v) is 19.5. The third-order valence-corrected chi connectivity index (χ3v) is 11.3. The average Bonchev–Trinajstić information content (AvgIpc) is 3.37. The molecule has 0 aliphatic heterocycles. The number of rotatable bonds is 20. The van der Waals surface area contributed by atoms with Gasteiger partial charge in [-0.25, -0.2) is 24.7 Å². The lowest BCUT2D eigenvalue weighted by atomic mass is 10.1. The molecule has 0 fully saturated rings. The Bertz CT molecular complexity index is 3540. The Hall–Kier alpha value is -9.00. The van der Waals surface area contributed by atoms with Crippen molar-refractivity contribution in [3.63, 3.8) is 0 Å². The van der Waals surface area contributed by atoms with Gasteiger partial charge < -0.3 is 40.0 Å². The summed E-state index contributed by atoms with van der Waals surface area (Å²) in [5.74, 6) is -1.78. The van der Waals surface area contributed by atoms with Gasteiger partial charge in [0.1, 0.15) is 40.1 Å². The van der Waals surface area contributed by atoms with Crippen molar-refractivity contribution in [3.05, 3.63) is 130 Å². The summed E-state index contributed by atoms with van der Waals surface area (Å²) in [7, 11) is 0. The minimum atomic E-state index is -1.27. The van der Waals surface area contributed by atoms with Crippen LogP contribution in [0, 0.1) is 33.8 Å². The number of carboxylic acids is 1. The lowest BCUT2D eigenvalue weighted by Gasteiger charge is -2.17. The molecule has 0 radical (unpaired) electrons. The van der Waals surface area contributed by atoms with Gasteiger partial charge in [-0.3, -0.25) is 24.5 Å². The Kier molecular flexibility index (Phi) is 15.6. The number of hydrogen-bond donors (Lipinski definition) is 4. The summed E-state index contributed by atoms with van der Waals surface area (Å²) in [6.07, 6.45) is 0. The van der Waals surface area contributed by atoms with Crippen LogP contribution >= 0.6 is 0 Å². The predicted molar refractivity (Wildman–Crippen MR) is 286 cm³/mol. The van der Waals surface area contributed by atoms with Crippen LogP contribution in [-0.2, 0) is 0 Å². The first-order chi connectivity index (χ1) is 35.8. The van der Waals surface area contributed by atoms with Gasteiger partial charge in [0.15, 0.2) is 11.2 Å². The maximum atomic E-state index is 14.6. The second kappa shape index (κ2) is 22.4. The number of nitrogens with one attached hydrogen (secondary N) is 3. The van der Waals surface area contributed by atoms with Crippen molar-refractivity contribution in [1.82, 2.24) is 19.9 Å². The van der Waals surface area contributed by atoms with Gasteiger partial charge in [0.25, 0.3) is 23.4 Å². The number of carboxylic acid groups (broad SMARTS) is 1. The number of nitro groups is 1. The van der Waals surface area contributed by atoms with Crippen LogP contribution in [0.1, 0.15) is 97.3 Å². The first-order valence-corrected chi connectivity index (χ1v) is 24.4. The van der Waals surface area contributed by atoms with Crippen molar-refractivity contribution in [2.24, 2.45) is 23.7 Å². The summed E-state index contributed by atoms with van der Waals surface area (Å²) >= 11 is 0. The van der Waals surface area contributed by atoms with Crippen molar-refractivity contribution in [1.29, 1.82) is 0 Å². The van der Waals surface area contributed by atoms with Crippen LogP contribution in [0.2, 0.25) is 0 Å². The van der Waals surface area contributed by atoms with E-state index in [1.54, 1.807) is 60.7 Å². The first-order valence-electron chi connectivity index (χ1n) is 24.4. The van der Waals surface area contributed by atoms with E-state index >= 15 is 0 Å². The summed E-state index contributed by atoms with van der Waals surface area (Å²) in [4.78, 5) is 85.1. The van der Waals surface area contributed by atoms with Crippen LogP contribution in [0.4, 0.5) is 22.7 Å². The SMILES string of the molecule is CC(C)COc1cc(C(=O)O)nc2c(NC(=O)c3cc(OCC(C)C)c4cccc(NC(=O)c5cc(OCC(C)C)c6cccc(NC(=O)c7cc(OCC(C)C)c8cccc([N+](=O)[O-])c8n7)c6n5)c4n3)cccc12. The summed E-state index contributed by atoms with van der Waals surface area (Å²) in [6.45, 7) is 16.9. The van der Waals surface area contributed by atoms with Crippen LogP contribution in [0.15, 0.2) is 97.1 Å². The number of non-ortho nitro benzene ring substituents is 1. The maximum Gasteiger partial charge on any atom is 0.354 e. The molecular weight excluding hydrogens is 961 g/mol. The number of nitro benzene ring substituents is 1. The molecule has 386 valence electrons. The molecule has 0 unspecified atom stereocenters. The van der Waals surface area contributed by atoms with Crippen molar-refractivity contribution in [2.75, 3.05) is 42.4 Å². The van der Waals surface area contributed by atoms with Crippen molar-refractivity contribution in [3.8, 4) is 23.0 Å². The molecule has 4 N–H and O–H groups in total. The fourth-order valence-corrected chi connectivity index (χ4v) is 7.83. The molecule has 0 bridgehead atoms. The monoisotopic (exact) mass is 1020 g/mol. The van der Waals surface area contributed by atoms with Crippen LogP contribution in [0.5, 0.6) is 23.0 Å². The standard InChI is InChI=1S/C56H56N8O11/c1-29(2)25-72-45-21-40(57-50-34(45)14-10-18-38(50)62-55(67)42-23-47(74-27-31(5)6)36-16-12-20-44(64(70)71)52(36)59-42)53(65)61-37-17-9-13-33-46(73-26-30(3)4)22-41(58-49(33)37)54(66)63-39-19-11-15-35-48(75-28-32(7)8)24-43(56(68)69)60-51(35)39/h9-24,29-32H,25-28H2,1-8H3,(H,61,65)(H,62,67)(H,63,66)(H,68,69). The molecule has 0 saturated heterocycles. The minimum Gasteiger partial charge on any atom is -0.493 e. The third kappa shape index (κ3) is 11.9. The zero-order chi connectivity index (χ0) is 53.7. The molecule has 0 atom stereocenters. The number of aromatic carboxylic acids is 1. The molecule has 4 aromatic heterocycles. The lowest BCUT2D eigenvalue weighted by molar-refractivity contribution is -0.383. The number of fused-ring (bicyclic) bond motifs is 4. The molecule has 19 heteroatoms. The number of para-hydroxylation sites is 4. The molecule has 3 amide bonds. The number of hydrogen-bond acceptors (Lipinski definition) is 14. The largest absolute Gasteiger partial charge is 0.493 e. The zero-order valence-electron chi connectivity index (χ0n) is 42.6.